The number of para-hydroxylation sites is 1. The van der Waals surface area contributed by atoms with Crippen molar-refractivity contribution in [1.29, 1.82) is 0 Å². The minimum absolute atomic E-state index is 0.0612. The third-order valence-electron chi connectivity index (χ3n) is 2.64. The van der Waals surface area contributed by atoms with E-state index in [4.69, 9.17) is 4.74 Å². The van der Waals surface area contributed by atoms with Gasteiger partial charge in [0.1, 0.15) is 5.69 Å². The number of aromatic nitrogens is 2. The molecule has 0 bridgehead atoms. The van der Waals surface area contributed by atoms with Crippen molar-refractivity contribution in [1.82, 2.24) is 9.78 Å². The molecular formula is C12H14N4O3. The second-order valence-electron chi connectivity index (χ2n) is 3.99. The van der Waals surface area contributed by atoms with Crippen LogP contribution in [0, 0.1) is 10.1 Å². The molecule has 1 aromatic heterocycles. The fourth-order valence-electron chi connectivity index (χ4n) is 1.78. The van der Waals surface area contributed by atoms with Crippen molar-refractivity contribution in [2.45, 2.75) is 6.54 Å². The van der Waals surface area contributed by atoms with E-state index in [1.165, 1.54) is 7.11 Å². The largest absolute Gasteiger partial charge is 0.490 e. The molecule has 7 nitrogen and oxygen atoms in total. The smallest absolute Gasteiger partial charge is 0.333 e. The van der Waals surface area contributed by atoms with Gasteiger partial charge in [-0.3, -0.25) is 14.8 Å². The van der Waals surface area contributed by atoms with Crippen LogP contribution in [0.4, 0.5) is 11.4 Å². The van der Waals surface area contributed by atoms with Gasteiger partial charge in [-0.1, -0.05) is 6.07 Å². The normalized spacial score (nSPS) is 10.2. The van der Waals surface area contributed by atoms with Gasteiger partial charge in [-0.25, -0.2) is 0 Å². The van der Waals surface area contributed by atoms with Crippen molar-refractivity contribution < 1.29 is 9.66 Å². The summed E-state index contributed by atoms with van der Waals surface area (Å²) in [7, 11) is 3.23. The Labute approximate surface area is 110 Å². The molecular weight excluding hydrogens is 248 g/mol. The fraction of sp³-hybridized carbons (Fsp3) is 0.250. The predicted octanol–water partition coefficient (Wildman–Crippen LogP) is 1.95. The summed E-state index contributed by atoms with van der Waals surface area (Å²) >= 11 is 0. The minimum atomic E-state index is -0.454. The highest BCUT2D eigenvalue weighted by Gasteiger charge is 2.20. The van der Waals surface area contributed by atoms with Gasteiger partial charge in [0, 0.05) is 25.4 Å². The average molecular weight is 262 g/mol. The topological polar surface area (TPSA) is 82.2 Å². The van der Waals surface area contributed by atoms with E-state index in [0.717, 1.165) is 5.56 Å². The molecule has 2 aromatic rings. The van der Waals surface area contributed by atoms with Gasteiger partial charge in [0.25, 0.3) is 0 Å². The summed E-state index contributed by atoms with van der Waals surface area (Å²) in [4.78, 5) is 10.6. The summed E-state index contributed by atoms with van der Waals surface area (Å²) in [6.45, 7) is 0.460. The van der Waals surface area contributed by atoms with Crippen LogP contribution in [0.3, 0.4) is 0 Å². The molecule has 0 unspecified atom stereocenters. The number of nitrogens with zero attached hydrogens (tertiary/aromatic N) is 3. The summed E-state index contributed by atoms with van der Waals surface area (Å²) < 4.78 is 6.68. The van der Waals surface area contributed by atoms with Crippen LogP contribution in [-0.4, -0.2) is 21.8 Å². The first-order valence-corrected chi connectivity index (χ1v) is 5.64. The van der Waals surface area contributed by atoms with Crippen LogP contribution >= 0.6 is 0 Å². The van der Waals surface area contributed by atoms with Crippen molar-refractivity contribution in [3.8, 4) is 5.75 Å². The zero-order valence-electron chi connectivity index (χ0n) is 10.7. The van der Waals surface area contributed by atoms with E-state index >= 15 is 0 Å². The van der Waals surface area contributed by atoms with E-state index < -0.39 is 4.92 Å². The summed E-state index contributed by atoms with van der Waals surface area (Å²) in [5.41, 5.74) is 1.31. The van der Waals surface area contributed by atoms with Crippen LogP contribution < -0.4 is 10.1 Å². The first-order valence-electron chi connectivity index (χ1n) is 5.64. The van der Waals surface area contributed by atoms with Crippen molar-refractivity contribution in [2.75, 3.05) is 12.4 Å². The van der Waals surface area contributed by atoms with Crippen LogP contribution in [-0.2, 0) is 13.6 Å². The van der Waals surface area contributed by atoms with Crippen LogP contribution in [0.15, 0.2) is 30.6 Å². The minimum Gasteiger partial charge on any atom is -0.490 e. The van der Waals surface area contributed by atoms with Crippen LogP contribution in [0.5, 0.6) is 5.75 Å². The number of rotatable bonds is 5. The second kappa shape index (κ2) is 5.38. The molecule has 100 valence electrons. The number of nitro benzene ring substituents is 1. The first-order chi connectivity index (χ1) is 9.11. The van der Waals surface area contributed by atoms with E-state index in [0.29, 0.717) is 12.2 Å². The number of ether oxygens (including phenoxy) is 1. The Morgan fingerprint density at radius 2 is 2.32 bits per heavy atom. The second-order valence-corrected chi connectivity index (χ2v) is 3.99. The molecule has 19 heavy (non-hydrogen) atoms. The molecule has 0 saturated carbocycles. The highest BCUT2D eigenvalue weighted by Crippen LogP contribution is 2.34. The summed E-state index contributed by atoms with van der Waals surface area (Å²) in [5, 5.41) is 18.1. The lowest BCUT2D eigenvalue weighted by Crippen LogP contribution is -2.03. The molecule has 0 radical (unpaired) electrons. The van der Waals surface area contributed by atoms with Gasteiger partial charge >= 0.3 is 5.69 Å². The van der Waals surface area contributed by atoms with Crippen molar-refractivity contribution in [2.24, 2.45) is 7.05 Å². The highest BCUT2D eigenvalue weighted by molar-refractivity contribution is 5.68. The molecule has 0 atom stereocenters. The average Bonchev–Trinajstić information content (AvgIpc) is 2.81. The number of anilines is 1. The van der Waals surface area contributed by atoms with E-state index in [2.05, 4.69) is 10.4 Å². The number of aryl methyl sites for hydroxylation is 1. The predicted molar refractivity (Wildman–Crippen MR) is 70.2 cm³/mol. The number of nitrogens with one attached hydrogen (secondary N) is 1. The summed E-state index contributed by atoms with van der Waals surface area (Å²) in [5.74, 6) is 0.237. The third kappa shape index (κ3) is 2.82. The summed E-state index contributed by atoms with van der Waals surface area (Å²) in [6, 6.07) is 4.92. The standard InChI is InChI=1S/C12H14N4O3/c1-15-8-9(7-14-15)6-13-10-4-3-5-11(19-2)12(10)16(17)18/h3-5,7-8,13H,6H2,1-2H3. The van der Waals surface area contributed by atoms with Gasteiger partial charge in [-0.2, -0.15) is 5.10 Å². The molecule has 0 spiro atoms. The monoisotopic (exact) mass is 262 g/mol. The Hall–Kier alpha value is -2.57. The maximum Gasteiger partial charge on any atom is 0.333 e. The molecule has 0 fully saturated rings. The Bertz CT molecular complexity index is 594. The third-order valence-corrected chi connectivity index (χ3v) is 2.64. The Morgan fingerprint density at radius 1 is 1.53 bits per heavy atom. The zero-order valence-corrected chi connectivity index (χ0v) is 10.7. The maximum absolute atomic E-state index is 11.1. The Morgan fingerprint density at radius 3 is 2.89 bits per heavy atom. The molecule has 1 N–H and O–H groups in total. The van der Waals surface area contributed by atoms with Gasteiger partial charge in [-0.15, -0.1) is 0 Å². The van der Waals surface area contributed by atoms with Crippen molar-refractivity contribution in [3.05, 3.63) is 46.3 Å². The molecule has 0 aliphatic heterocycles. The van der Waals surface area contributed by atoms with E-state index in [1.54, 1.807) is 29.1 Å². The quantitative estimate of drug-likeness (QED) is 0.657. The first kappa shape index (κ1) is 12.9. The SMILES string of the molecule is COc1cccc(NCc2cnn(C)c2)c1[N+](=O)[O-]. The van der Waals surface area contributed by atoms with Crippen molar-refractivity contribution >= 4 is 11.4 Å². The van der Waals surface area contributed by atoms with Gasteiger partial charge in [0.15, 0.2) is 5.75 Å². The van der Waals surface area contributed by atoms with Gasteiger partial charge < -0.3 is 10.1 Å². The van der Waals surface area contributed by atoms with Crippen LogP contribution in [0.1, 0.15) is 5.56 Å². The Kier molecular flexibility index (Phi) is 3.65. The van der Waals surface area contributed by atoms with Gasteiger partial charge in [0.2, 0.25) is 0 Å². The molecule has 7 heteroatoms. The van der Waals surface area contributed by atoms with Crippen LogP contribution in [0.25, 0.3) is 0 Å². The fourth-order valence-corrected chi connectivity index (χ4v) is 1.78. The number of hydrogen-bond acceptors (Lipinski definition) is 5. The van der Waals surface area contributed by atoms with E-state index in [-0.39, 0.29) is 11.4 Å². The van der Waals surface area contributed by atoms with E-state index in [9.17, 15) is 10.1 Å². The lowest BCUT2D eigenvalue weighted by Gasteiger charge is -2.08. The lowest BCUT2D eigenvalue weighted by atomic mass is 10.2. The lowest BCUT2D eigenvalue weighted by molar-refractivity contribution is -0.384. The molecule has 0 amide bonds. The maximum atomic E-state index is 11.1. The van der Waals surface area contributed by atoms with Gasteiger partial charge in [-0.05, 0) is 12.1 Å². The summed E-state index contributed by atoms with van der Waals surface area (Å²) in [6.07, 6.45) is 3.55. The zero-order chi connectivity index (χ0) is 13.8. The molecule has 2 rings (SSSR count). The van der Waals surface area contributed by atoms with E-state index in [1.807, 2.05) is 13.2 Å². The molecule has 0 aliphatic rings. The van der Waals surface area contributed by atoms with Crippen molar-refractivity contribution in [3.63, 3.8) is 0 Å². The highest BCUT2D eigenvalue weighted by atomic mass is 16.6. The number of hydrogen-bond donors (Lipinski definition) is 1. The number of nitro groups is 1. The molecule has 0 aliphatic carbocycles. The Balaban J connectivity index is 2.22. The molecule has 1 heterocycles. The van der Waals surface area contributed by atoms with Crippen LogP contribution in [0.2, 0.25) is 0 Å². The molecule has 0 saturated heterocycles. The number of benzene rings is 1. The molecule has 1 aromatic carbocycles. The number of methoxy groups -OCH3 is 1. The van der Waals surface area contributed by atoms with Gasteiger partial charge in [0.05, 0.1) is 18.2 Å².